The molecule has 0 aliphatic carbocycles. The average molecular weight is 220 g/mol. The van der Waals surface area contributed by atoms with Gasteiger partial charge in [0.1, 0.15) is 5.56 Å². The van der Waals surface area contributed by atoms with Crippen LogP contribution in [0.15, 0.2) is 53.7 Å². The number of hydrogen-bond acceptors (Lipinski definition) is 2. The van der Waals surface area contributed by atoms with Crippen LogP contribution >= 0.6 is 0 Å². The maximum Gasteiger partial charge on any atom is 0.352 e. The van der Waals surface area contributed by atoms with Crippen molar-refractivity contribution in [3.8, 4) is 0 Å². The van der Waals surface area contributed by atoms with Crippen molar-refractivity contribution in [1.29, 1.82) is 0 Å². The molecule has 0 unspecified atom stereocenters. The first-order chi connectivity index (χ1) is 8.40. The van der Waals surface area contributed by atoms with E-state index in [1.807, 2.05) is 36.4 Å². The Balaban J connectivity index is 2.20. The zero-order valence-electron chi connectivity index (χ0n) is 8.91. The van der Waals surface area contributed by atoms with Crippen molar-refractivity contribution in [1.82, 2.24) is 4.98 Å². The van der Waals surface area contributed by atoms with Crippen LogP contribution in [-0.4, -0.2) is 21.2 Å². The molecule has 0 bridgehead atoms. The Morgan fingerprint density at radius 1 is 1.00 bits per heavy atom. The standard InChI is InChI=1S/C13H8N4/c14-17-12-10-7-4-8-15-13(10)16-11(12)9-5-2-1-3-6-9/h1-8H. The number of benzene rings is 1. The fourth-order valence-electron chi connectivity index (χ4n) is 1.86. The third-order valence-corrected chi connectivity index (χ3v) is 2.63. The summed E-state index contributed by atoms with van der Waals surface area (Å²) in [6.07, 6.45) is 1.67. The van der Waals surface area contributed by atoms with Gasteiger partial charge in [-0.05, 0) is 12.1 Å². The molecule has 3 rings (SSSR count). The number of aliphatic imine (C=N–C) groups is 1. The third kappa shape index (κ3) is 1.48. The molecule has 0 saturated heterocycles. The highest BCUT2D eigenvalue weighted by molar-refractivity contribution is 6.54. The molecule has 2 aromatic rings. The van der Waals surface area contributed by atoms with Gasteiger partial charge in [0, 0.05) is 11.8 Å². The van der Waals surface area contributed by atoms with E-state index < -0.39 is 0 Å². The molecule has 17 heavy (non-hydrogen) atoms. The molecule has 2 heterocycles. The van der Waals surface area contributed by atoms with Gasteiger partial charge in [0.05, 0.1) is 0 Å². The highest BCUT2D eigenvalue weighted by atomic mass is 15.0. The number of pyridine rings is 1. The Kier molecular flexibility index (Phi) is 2.14. The summed E-state index contributed by atoms with van der Waals surface area (Å²) in [5.74, 6) is 0.596. The Labute approximate surface area is 97.9 Å². The van der Waals surface area contributed by atoms with Crippen molar-refractivity contribution >= 4 is 17.2 Å². The summed E-state index contributed by atoms with van der Waals surface area (Å²) in [7, 11) is 0. The molecule has 80 valence electrons. The monoisotopic (exact) mass is 220 g/mol. The quantitative estimate of drug-likeness (QED) is 0.537. The number of hydrogen-bond donors (Lipinski definition) is 0. The summed E-state index contributed by atoms with van der Waals surface area (Å²) in [6, 6.07) is 13.3. The Hall–Kier alpha value is -2.58. The molecule has 4 heteroatoms. The minimum Gasteiger partial charge on any atom is -0.361 e. The van der Waals surface area contributed by atoms with Crippen molar-refractivity contribution in [2.24, 2.45) is 4.99 Å². The summed E-state index contributed by atoms with van der Waals surface area (Å²) in [5, 5.41) is 0. The minimum atomic E-state index is 0.472. The predicted octanol–water partition coefficient (Wildman–Crippen LogP) is 2.23. The van der Waals surface area contributed by atoms with Crippen molar-refractivity contribution in [2.75, 3.05) is 0 Å². The van der Waals surface area contributed by atoms with Gasteiger partial charge in [0.15, 0.2) is 11.5 Å². The molecule has 0 spiro atoms. The molecule has 0 amide bonds. The van der Waals surface area contributed by atoms with Crippen LogP contribution in [0.2, 0.25) is 0 Å². The fraction of sp³-hybridized carbons (Fsp3) is 0. The fourth-order valence-corrected chi connectivity index (χ4v) is 1.86. The molecule has 1 aromatic carbocycles. The number of aromatic nitrogens is 1. The van der Waals surface area contributed by atoms with Gasteiger partial charge in [-0.1, -0.05) is 30.3 Å². The summed E-state index contributed by atoms with van der Waals surface area (Å²) in [5.41, 5.74) is 11.9. The van der Waals surface area contributed by atoms with Gasteiger partial charge in [-0.15, -0.1) is 0 Å². The first-order valence-electron chi connectivity index (χ1n) is 5.22. The summed E-state index contributed by atoms with van der Waals surface area (Å²) in [6.45, 7) is 0. The second kappa shape index (κ2) is 3.77. The number of rotatable bonds is 1. The van der Waals surface area contributed by atoms with Gasteiger partial charge in [-0.25, -0.2) is 9.98 Å². The van der Waals surface area contributed by atoms with E-state index in [4.69, 9.17) is 5.53 Å². The first kappa shape index (κ1) is 9.63. The van der Waals surface area contributed by atoms with Gasteiger partial charge in [0.25, 0.3) is 0 Å². The van der Waals surface area contributed by atoms with Crippen LogP contribution in [0, 0.1) is 0 Å². The molecular formula is C13H8N4. The van der Waals surface area contributed by atoms with E-state index in [0.29, 0.717) is 17.2 Å². The van der Waals surface area contributed by atoms with Crippen molar-refractivity contribution in [2.45, 2.75) is 0 Å². The first-order valence-corrected chi connectivity index (χ1v) is 5.22. The van der Waals surface area contributed by atoms with Crippen LogP contribution in [0.3, 0.4) is 0 Å². The largest absolute Gasteiger partial charge is 0.361 e. The molecule has 4 nitrogen and oxygen atoms in total. The molecule has 0 saturated carbocycles. The maximum atomic E-state index is 9.12. The van der Waals surface area contributed by atoms with Crippen molar-refractivity contribution in [3.05, 3.63) is 65.3 Å². The van der Waals surface area contributed by atoms with Gasteiger partial charge in [-0.2, -0.15) is 4.79 Å². The van der Waals surface area contributed by atoms with Crippen LogP contribution in [0.5, 0.6) is 0 Å². The topological polar surface area (TPSA) is 61.7 Å². The van der Waals surface area contributed by atoms with Crippen molar-refractivity contribution < 1.29 is 4.79 Å². The van der Waals surface area contributed by atoms with E-state index in [1.165, 1.54) is 0 Å². The maximum absolute atomic E-state index is 9.12. The zero-order valence-corrected chi connectivity index (χ0v) is 8.91. The second-order valence-electron chi connectivity index (χ2n) is 3.65. The zero-order chi connectivity index (χ0) is 11.7. The van der Waals surface area contributed by atoms with Crippen LogP contribution in [0.4, 0.5) is 5.82 Å². The van der Waals surface area contributed by atoms with E-state index in [0.717, 1.165) is 11.1 Å². The van der Waals surface area contributed by atoms with E-state index in [-0.39, 0.29) is 0 Å². The molecule has 1 aromatic heterocycles. The molecule has 0 fully saturated rings. The smallest absolute Gasteiger partial charge is 0.352 e. The highest BCUT2D eigenvalue weighted by Gasteiger charge is 2.31. The van der Waals surface area contributed by atoms with E-state index in [2.05, 4.69) is 14.8 Å². The van der Waals surface area contributed by atoms with Gasteiger partial charge < -0.3 is 5.53 Å². The molecule has 0 N–H and O–H groups in total. The van der Waals surface area contributed by atoms with E-state index in [1.54, 1.807) is 12.3 Å². The lowest BCUT2D eigenvalue weighted by Crippen LogP contribution is -2.13. The van der Waals surface area contributed by atoms with Crippen LogP contribution in [0.1, 0.15) is 11.1 Å². The summed E-state index contributed by atoms with van der Waals surface area (Å²) < 4.78 is 0. The molecule has 0 radical (unpaired) electrons. The number of nitrogens with zero attached hydrogens (tertiary/aromatic N) is 4. The SMILES string of the molecule is [N-]=[N+]=C1C(c2ccccc2)=Nc2ncccc21. The second-order valence-corrected chi connectivity index (χ2v) is 3.65. The lowest BCUT2D eigenvalue weighted by molar-refractivity contribution is -0.000152. The molecule has 1 aliphatic heterocycles. The molecule has 0 atom stereocenters. The summed E-state index contributed by atoms with van der Waals surface area (Å²) in [4.78, 5) is 11.9. The van der Waals surface area contributed by atoms with Gasteiger partial charge in [-0.3, -0.25) is 0 Å². The Morgan fingerprint density at radius 3 is 2.59 bits per heavy atom. The van der Waals surface area contributed by atoms with Gasteiger partial charge >= 0.3 is 5.71 Å². The minimum absolute atomic E-state index is 0.472. The Morgan fingerprint density at radius 2 is 1.82 bits per heavy atom. The van der Waals surface area contributed by atoms with Crippen LogP contribution in [0.25, 0.3) is 5.53 Å². The Bertz CT molecular complexity index is 652. The van der Waals surface area contributed by atoms with Crippen molar-refractivity contribution in [3.63, 3.8) is 0 Å². The average Bonchev–Trinajstić information content (AvgIpc) is 2.78. The van der Waals surface area contributed by atoms with Crippen LogP contribution < -0.4 is 0 Å². The normalized spacial score (nSPS) is 12.9. The van der Waals surface area contributed by atoms with E-state index in [9.17, 15) is 0 Å². The lowest BCUT2D eigenvalue weighted by atomic mass is 10.0. The highest BCUT2D eigenvalue weighted by Crippen LogP contribution is 2.25. The van der Waals surface area contributed by atoms with Crippen LogP contribution in [-0.2, 0) is 0 Å². The summed E-state index contributed by atoms with van der Waals surface area (Å²) >= 11 is 0. The molecular weight excluding hydrogens is 212 g/mol. The third-order valence-electron chi connectivity index (χ3n) is 2.63. The van der Waals surface area contributed by atoms with E-state index >= 15 is 0 Å². The van der Waals surface area contributed by atoms with Gasteiger partial charge in [0.2, 0.25) is 0 Å². The molecule has 1 aliphatic rings. The predicted molar refractivity (Wildman–Crippen MR) is 64.6 cm³/mol. The lowest BCUT2D eigenvalue weighted by Gasteiger charge is -1.94. The number of fused-ring (bicyclic) bond motifs is 1.